The van der Waals surface area contributed by atoms with Gasteiger partial charge in [-0.25, -0.2) is 8.42 Å². The van der Waals surface area contributed by atoms with Gasteiger partial charge in [0.05, 0.1) is 10.5 Å². The molecule has 1 aliphatic heterocycles. The molecule has 2 heterocycles. The lowest BCUT2D eigenvalue weighted by atomic mass is 9.87. The van der Waals surface area contributed by atoms with E-state index in [0.717, 1.165) is 24.8 Å². The van der Waals surface area contributed by atoms with E-state index in [2.05, 4.69) is 15.4 Å². The number of hydrogen-bond donors (Lipinski definition) is 0. The summed E-state index contributed by atoms with van der Waals surface area (Å²) >= 11 is 0. The van der Waals surface area contributed by atoms with Crippen molar-refractivity contribution in [2.45, 2.75) is 56.7 Å². The molecule has 1 aliphatic carbocycles. The lowest BCUT2D eigenvalue weighted by Gasteiger charge is -2.45. The van der Waals surface area contributed by atoms with Gasteiger partial charge in [-0.05, 0) is 24.0 Å². The van der Waals surface area contributed by atoms with E-state index in [1.54, 1.807) is 4.90 Å². The first-order chi connectivity index (χ1) is 14.3. The maximum absolute atomic E-state index is 13.5. The zero-order valence-electron chi connectivity index (χ0n) is 17.6. The summed E-state index contributed by atoms with van der Waals surface area (Å²) in [5.74, 6) is 0.320. The number of amides is 1. The van der Waals surface area contributed by atoms with E-state index in [-0.39, 0.29) is 30.7 Å². The Morgan fingerprint density at radius 2 is 1.80 bits per heavy atom. The molecule has 2 fully saturated rings. The third-order valence-corrected chi connectivity index (χ3v) is 9.02. The smallest absolute Gasteiger partial charge is 0.249 e. The lowest BCUT2D eigenvalue weighted by molar-refractivity contribution is -0.137. The van der Waals surface area contributed by atoms with Crippen molar-refractivity contribution in [3.05, 3.63) is 30.3 Å². The molecule has 162 valence electrons. The van der Waals surface area contributed by atoms with Crippen molar-refractivity contribution < 1.29 is 13.2 Å². The number of carbonyl (C=O) groups excluding carboxylic acids is 1. The number of benzene rings is 1. The fourth-order valence-corrected chi connectivity index (χ4v) is 6.87. The predicted molar refractivity (Wildman–Crippen MR) is 113 cm³/mol. The highest BCUT2D eigenvalue weighted by molar-refractivity contribution is 7.92. The molecule has 1 aromatic carbocycles. The molecular formula is C21H29N5O3S. The van der Waals surface area contributed by atoms with Gasteiger partial charge in [-0.15, -0.1) is 10.2 Å². The summed E-state index contributed by atoms with van der Waals surface area (Å²) in [4.78, 5) is 16.6. The maximum atomic E-state index is 13.5. The monoisotopic (exact) mass is 431 g/mol. The van der Waals surface area contributed by atoms with Crippen LogP contribution in [0.1, 0.15) is 52.0 Å². The minimum Gasteiger partial charge on any atom is -0.338 e. The molecule has 0 N–H and O–H groups in total. The zero-order chi connectivity index (χ0) is 21.4. The average Bonchev–Trinajstić information content (AvgIpc) is 3.21. The van der Waals surface area contributed by atoms with Crippen molar-refractivity contribution in [1.29, 1.82) is 0 Å². The SMILES string of the molecule is CC(C)C(C(=O)N1CCS(=O)(=O)C2(CCCCC2)C1)n1nnc(-c2ccccc2)n1. The van der Waals surface area contributed by atoms with Crippen LogP contribution in [0.5, 0.6) is 0 Å². The van der Waals surface area contributed by atoms with Crippen LogP contribution in [0.3, 0.4) is 0 Å². The number of sulfone groups is 1. The van der Waals surface area contributed by atoms with Gasteiger partial charge in [0.25, 0.3) is 0 Å². The molecule has 1 aromatic heterocycles. The molecule has 0 radical (unpaired) electrons. The first kappa shape index (κ1) is 21.0. The second-order valence-electron chi connectivity index (χ2n) is 8.81. The summed E-state index contributed by atoms with van der Waals surface area (Å²) in [5.41, 5.74) is 0.837. The van der Waals surface area contributed by atoms with Gasteiger partial charge in [-0.1, -0.05) is 63.4 Å². The van der Waals surface area contributed by atoms with Crippen LogP contribution in [0.4, 0.5) is 0 Å². The van der Waals surface area contributed by atoms with E-state index >= 15 is 0 Å². The Hall–Kier alpha value is -2.29. The van der Waals surface area contributed by atoms with Gasteiger partial charge in [0.2, 0.25) is 11.7 Å². The molecule has 30 heavy (non-hydrogen) atoms. The molecule has 9 heteroatoms. The molecule has 1 amide bonds. The van der Waals surface area contributed by atoms with Crippen LogP contribution in [-0.4, -0.2) is 63.0 Å². The fourth-order valence-electron chi connectivity index (χ4n) is 4.71. The van der Waals surface area contributed by atoms with Crippen molar-refractivity contribution in [2.75, 3.05) is 18.8 Å². The highest BCUT2D eigenvalue weighted by atomic mass is 32.2. The molecular weight excluding hydrogens is 402 g/mol. The van der Waals surface area contributed by atoms with E-state index in [9.17, 15) is 13.2 Å². The van der Waals surface area contributed by atoms with Crippen molar-refractivity contribution in [3.8, 4) is 11.4 Å². The molecule has 1 unspecified atom stereocenters. The Labute approximate surface area is 177 Å². The van der Waals surface area contributed by atoms with Crippen LogP contribution < -0.4 is 0 Å². The first-order valence-corrected chi connectivity index (χ1v) is 12.3. The van der Waals surface area contributed by atoms with Crippen molar-refractivity contribution in [2.24, 2.45) is 5.92 Å². The third-order valence-electron chi connectivity index (χ3n) is 6.44. The zero-order valence-corrected chi connectivity index (χ0v) is 18.4. The minimum atomic E-state index is -3.20. The Bertz CT molecular complexity index is 997. The summed E-state index contributed by atoms with van der Waals surface area (Å²) in [6, 6.07) is 8.90. The molecule has 4 rings (SSSR count). The number of carbonyl (C=O) groups is 1. The van der Waals surface area contributed by atoms with Gasteiger partial charge >= 0.3 is 0 Å². The number of tetrazole rings is 1. The third kappa shape index (κ3) is 3.75. The number of hydrogen-bond acceptors (Lipinski definition) is 6. The van der Waals surface area contributed by atoms with Crippen LogP contribution in [0.15, 0.2) is 30.3 Å². The number of aromatic nitrogens is 4. The molecule has 1 saturated carbocycles. The summed E-state index contributed by atoms with van der Waals surface area (Å²) in [6.07, 6.45) is 4.15. The fraction of sp³-hybridized carbons (Fsp3) is 0.619. The van der Waals surface area contributed by atoms with E-state index in [4.69, 9.17) is 0 Å². The normalized spacial score (nSPS) is 21.6. The molecule has 2 aromatic rings. The molecule has 1 saturated heterocycles. The maximum Gasteiger partial charge on any atom is 0.249 e. The minimum absolute atomic E-state index is 0.0314. The molecule has 1 spiro atoms. The Morgan fingerprint density at radius 1 is 1.10 bits per heavy atom. The van der Waals surface area contributed by atoms with Crippen LogP contribution in [0.2, 0.25) is 0 Å². The average molecular weight is 432 g/mol. The second kappa shape index (κ2) is 8.09. The van der Waals surface area contributed by atoms with Crippen LogP contribution in [0, 0.1) is 5.92 Å². The highest BCUT2D eigenvalue weighted by Crippen LogP contribution is 2.39. The Morgan fingerprint density at radius 3 is 2.47 bits per heavy atom. The van der Waals surface area contributed by atoms with Crippen molar-refractivity contribution in [3.63, 3.8) is 0 Å². The van der Waals surface area contributed by atoms with Gasteiger partial charge in [-0.2, -0.15) is 4.80 Å². The van der Waals surface area contributed by atoms with E-state index < -0.39 is 20.6 Å². The van der Waals surface area contributed by atoms with Gasteiger partial charge in [0.15, 0.2) is 15.9 Å². The predicted octanol–water partition coefficient (Wildman–Crippen LogP) is 2.50. The molecule has 8 nitrogen and oxygen atoms in total. The first-order valence-electron chi connectivity index (χ1n) is 10.7. The quantitative estimate of drug-likeness (QED) is 0.738. The lowest BCUT2D eigenvalue weighted by Crippen LogP contribution is -2.59. The van der Waals surface area contributed by atoms with Crippen molar-refractivity contribution >= 4 is 15.7 Å². The topological polar surface area (TPSA) is 98.1 Å². The summed E-state index contributed by atoms with van der Waals surface area (Å²) in [6.45, 7) is 4.40. The van der Waals surface area contributed by atoms with Crippen LogP contribution in [0.25, 0.3) is 11.4 Å². The van der Waals surface area contributed by atoms with E-state index in [0.29, 0.717) is 18.7 Å². The summed E-state index contributed by atoms with van der Waals surface area (Å²) in [7, 11) is -3.20. The summed E-state index contributed by atoms with van der Waals surface area (Å²) < 4.78 is 25.0. The van der Waals surface area contributed by atoms with E-state index in [1.165, 1.54) is 4.80 Å². The van der Waals surface area contributed by atoms with Gasteiger partial charge in [0.1, 0.15) is 0 Å². The molecule has 2 aliphatic rings. The van der Waals surface area contributed by atoms with Gasteiger partial charge in [-0.3, -0.25) is 4.79 Å². The van der Waals surface area contributed by atoms with Crippen molar-refractivity contribution in [1.82, 2.24) is 25.1 Å². The number of nitrogens with zero attached hydrogens (tertiary/aromatic N) is 5. The van der Waals surface area contributed by atoms with Crippen LogP contribution >= 0.6 is 0 Å². The largest absolute Gasteiger partial charge is 0.338 e. The Kier molecular flexibility index (Phi) is 5.65. The van der Waals surface area contributed by atoms with E-state index in [1.807, 2.05) is 44.2 Å². The summed E-state index contributed by atoms with van der Waals surface area (Å²) in [5, 5.41) is 12.8. The highest BCUT2D eigenvalue weighted by Gasteiger charge is 2.50. The van der Waals surface area contributed by atoms with Gasteiger partial charge < -0.3 is 4.90 Å². The number of rotatable bonds is 4. The molecule has 1 atom stereocenters. The molecule has 0 bridgehead atoms. The standard InChI is InChI=1S/C21H29N5O3S/c1-16(2)18(26-23-19(22-24-26)17-9-5-3-6-10-17)20(27)25-13-14-30(28,29)21(15-25)11-7-4-8-12-21/h3,5-6,9-10,16,18H,4,7-8,11-15H2,1-2H3. The Balaban J connectivity index is 1.59. The van der Waals surface area contributed by atoms with Crippen LogP contribution in [-0.2, 0) is 14.6 Å². The van der Waals surface area contributed by atoms with Gasteiger partial charge in [0, 0.05) is 18.7 Å². The second-order valence-corrected chi connectivity index (χ2v) is 11.3.